The van der Waals surface area contributed by atoms with Crippen molar-refractivity contribution in [2.45, 2.75) is 26.3 Å². The van der Waals surface area contributed by atoms with Gasteiger partial charge in [-0.05, 0) is 6.42 Å². The number of allylic oxidation sites excluding steroid dienone is 3. The van der Waals surface area contributed by atoms with E-state index >= 15 is 0 Å². The molecule has 0 aliphatic carbocycles. The van der Waals surface area contributed by atoms with Crippen LogP contribution in [0.5, 0.6) is 0 Å². The van der Waals surface area contributed by atoms with Gasteiger partial charge in [-0.3, -0.25) is 0 Å². The van der Waals surface area contributed by atoms with E-state index < -0.39 is 8.80 Å². The summed E-state index contributed by atoms with van der Waals surface area (Å²) in [5.41, 5.74) is 2.43. The molecule has 0 saturated heterocycles. The van der Waals surface area contributed by atoms with Crippen molar-refractivity contribution in [3.8, 4) is 0 Å². The van der Waals surface area contributed by atoms with Crippen LogP contribution in [0.25, 0.3) is 0 Å². The van der Waals surface area contributed by atoms with E-state index in [-0.39, 0.29) is 0 Å². The van der Waals surface area contributed by atoms with E-state index in [9.17, 15) is 0 Å². The largest absolute Gasteiger partial charge is 0.0932 e. The molecule has 0 N–H and O–H groups in total. The molecule has 0 nitrogen and oxygen atoms in total. The van der Waals surface area contributed by atoms with Crippen LogP contribution in [0, 0.1) is 0 Å². The maximum absolute atomic E-state index is 2.43. The summed E-state index contributed by atoms with van der Waals surface area (Å²) < 4.78 is 0. The average Bonchev–Trinajstić information content (AvgIpc) is 2.33. The van der Waals surface area contributed by atoms with Gasteiger partial charge in [0.15, 0.2) is 0 Å². The van der Waals surface area contributed by atoms with Gasteiger partial charge in [0, 0.05) is 0 Å². The summed E-state index contributed by atoms with van der Waals surface area (Å²) in [6.45, 7) is 4.56. The Morgan fingerprint density at radius 3 is 2.67 bits per heavy atom. The Morgan fingerprint density at radius 2 is 2.22 bits per heavy atom. The second-order valence-electron chi connectivity index (χ2n) is 2.49. The fourth-order valence-corrected chi connectivity index (χ4v) is 3.64. The molecule has 1 rings (SSSR count). The van der Waals surface area contributed by atoms with E-state index in [2.05, 4.69) is 31.7 Å². The zero-order chi connectivity index (χ0) is 6.69. The first-order valence-corrected chi connectivity index (χ1v) is 5.81. The standard InChI is InChI=1S/C8H14Si/c1-3-8-6-5-7-9(8)4-2/h5-7,9H,3-4H2,1-2H3. The highest BCUT2D eigenvalue weighted by molar-refractivity contribution is 6.72. The van der Waals surface area contributed by atoms with E-state index in [0.717, 1.165) is 0 Å². The lowest BCUT2D eigenvalue weighted by atomic mass is 10.4. The highest BCUT2D eigenvalue weighted by Gasteiger charge is 2.10. The van der Waals surface area contributed by atoms with E-state index in [0.29, 0.717) is 0 Å². The summed E-state index contributed by atoms with van der Waals surface area (Å²) in [6, 6.07) is 1.40. The molecule has 1 heterocycles. The fourth-order valence-electron chi connectivity index (χ4n) is 1.34. The Bertz CT molecular complexity index is 145. The van der Waals surface area contributed by atoms with Crippen LogP contribution in [0.4, 0.5) is 0 Å². The monoisotopic (exact) mass is 138 g/mol. The zero-order valence-corrected chi connectivity index (χ0v) is 7.38. The lowest BCUT2D eigenvalue weighted by molar-refractivity contribution is 1.18. The molecular formula is C8H14Si. The third kappa shape index (κ3) is 1.33. The van der Waals surface area contributed by atoms with Crippen LogP contribution < -0.4 is 0 Å². The molecule has 9 heavy (non-hydrogen) atoms. The van der Waals surface area contributed by atoms with Gasteiger partial charge in [0.2, 0.25) is 0 Å². The van der Waals surface area contributed by atoms with Gasteiger partial charge in [-0.2, -0.15) is 0 Å². The van der Waals surface area contributed by atoms with Crippen LogP contribution in [0.1, 0.15) is 20.3 Å². The first-order chi connectivity index (χ1) is 4.38. The van der Waals surface area contributed by atoms with Crippen LogP contribution in [0.3, 0.4) is 0 Å². The molecule has 0 radical (unpaired) electrons. The minimum atomic E-state index is -0.495. The third-order valence-corrected chi connectivity index (χ3v) is 5.10. The molecule has 1 aliphatic heterocycles. The molecule has 0 bridgehead atoms. The van der Waals surface area contributed by atoms with Gasteiger partial charge >= 0.3 is 0 Å². The van der Waals surface area contributed by atoms with Crippen LogP contribution in [-0.4, -0.2) is 8.80 Å². The van der Waals surface area contributed by atoms with Crippen LogP contribution >= 0.6 is 0 Å². The maximum Gasteiger partial charge on any atom is 0.0886 e. The normalized spacial score (nSPS) is 24.7. The second-order valence-corrected chi connectivity index (χ2v) is 5.65. The molecule has 50 valence electrons. The summed E-state index contributed by atoms with van der Waals surface area (Å²) in [5, 5.41) is 1.73. The molecular weight excluding hydrogens is 124 g/mol. The molecule has 0 amide bonds. The Morgan fingerprint density at radius 1 is 1.44 bits per heavy atom. The van der Waals surface area contributed by atoms with E-state index in [4.69, 9.17) is 0 Å². The highest BCUT2D eigenvalue weighted by atomic mass is 28.3. The van der Waals surface area contributed by atoms with Crippen molar-refractivity contribution in [1.82, 2.24) is 0 Å². The van der Waals surface area contributed by atoms with Crippen molar-refractivity contribution in [1.29, 1.82) is 0 Å². The molecule has 1 unspecified atom stereocenters. The first-order valence-electron chi connectivity index (χ1n) is 3.75. The average molecular weight is 138 g/mol. The summed E-state index contributed by atoms with van der Waals surface area (Å²) in [7, 11) is -0.495. The SMILES string of the molecule is CCC1=CC=C[SiH]1CC. The van der Waals surface area contributed by atoms with E-state index in [1.54, 1.807) is 5.20 Å². The lowest BCUT2D eigenvalue weighted by Crippen LogP contribution is -2.07. The molecule has 0 spiro atoms. The van der Waals surface area contributed by atoms with Gasteiger partial charge in [0.05, 0.1) is 8.80 Å². The Balaban J connectivity index is 2.55. The summed E-state index contributed by atoms with van der Waals surface area (Å²) >= 11 is 0. The molecule has 1 atom stereocenters. The smallest absolute Gasteiger partial charge is 0.0886 e. The van der Waals surface area contributed by atoms with Crippen molar-refractivity contribution in [2.24, 2.45) is 0 Å². The van der Waals surface area contributed by atoms with Crippen LogP contribution in [-0.2, 0) is 0 Å². The lowest BCUT2D eigenvalue weighted by Gasteiger charge is -2.05. The van der Waals surface area contributed by atoms with Crippen molar-refractivity contribution in [2.75, 3.05) is 0 Å². The van der Waals surface area contributed by atoms with E-state index in [1.165, 1.54) is 12.5 Å². The van der Waals surface area contributed by atoms with E-state index in [1.807, 2.05) is 0 Å². The molecule has 0 aromatic carbocycles. The topological polar surface area (TPSA) is 0 Å². The van der Waals surface area contributed by atoms with Crippen molar-refractivity contribution in [3.05, 3.63) is 23.0 Å². The molecule has 0 saturated carbocycles. The Hall–Kier alpha value is -0.303. The van der Waals surface area contributed by atoms with Gasteiger partial charge in [0.25, 0.3) is 0 Å². The minimum Gasteiger partial charge on any atom is -0.0932 e. The Kier molecular flexibility index (Phi) is 2.28. The zero-order valence-electron chi connectivity index (χ0n) is 6.22. The summed E-state index contributed by atoms with van der Waals surface area (Å²) in [4.78, 5) is 0. The summed E-state index contributed by atoms with van der Waals surface area (Å²) in [5.74, 6) is 0. The van der Waals surface area contributed by atoms with Crippen molar-refractivity contribution >= 4 is 8.80 Å². The molecule has 0 aromatic rings. The van der Waals surface area contributed by atoms with Crippen LogP contribution in [0.15, 0.2) is 23.0 Å². The van der Waals surface area contributed by atoms with Crippen LogP contribution in [0.2, 0.25) is 6.04 Å². The van der Waals surface area contributed by atoms with Gasteiger partial charge in [0.1, 0.15) is 0 Å². The minimum absolute atomic E-state index is 0.495. The molecule has 1 aliphatic rings. The highest BCUT2D eigenvalue weighted by Crippen LogP contribution is 2.16. The van der Waals surface area contributed by atoms with Gasteiger partial charge in [-0.15, -0.1) is 0 Å². The molecule has 0 fully saturated rings. The Labute approximate surface area is 58.9 Å². The number of hydrogen-bond acceptors (Lipinski definition) is 0. The van der Waals surface area contributed by atoms with Crippen molar-refractivity contribution in [3.63, 3.8) is 0 Å². The van der Waals surface area contributed by atoms with Gasteiger partial charge in [-0.25, -0.2) is 0 Å². The predicted molar refractivity (Wildman–Crippen MR) is 45.1 cm³/mol. The van der Waals surface area contributed by atoms with Gasteiger partial charge < -0.3 is 0 Å². The maximum atomic E-state index is 2.43. The van der Waals surface area contributed by atoms with Crippen molar-refractivity contribution < 1.29 is 0 Å². The number of rotatable bonds is 2. The third-order valence-electron chi connectivity index (χ3n) is 1.98. The predicted octanol–water partition coefficient (Wildman–Crippen LogP) is 2.22. The summed E-state index contributed by atoms with van der Waals surface area (Å²) in [6.07, 6.45) is 5.82. The second kappa shape index (κ2) is 3.02. The molecule has 1 heteroatoms. The number of hydrogen-bond donors (Lipinski definition) is 0. The first kappa shape index (κ1) is 6.81. The molecule has 0 aromatic heterocycles. The quantitative estimate of drug-likeness (QED) is 0.513. The van der Waals surface area contributed by atoms with Gasteiger partial charge in [-0.1, -0.05) is 42.9 Å². The fraction of sp³-hybridized carbons (Fsp3) is 0.500.